The second kappa shape index (κ2) is 9.26. The molecule has 0 spiro atoms. The number of piperidine rings is 1. The van der Waals surface area contributed by atoms with Crippen molar-refractivity contribution >= 4 is 12.4 Å². The van der Waals surface area contributed by atoms with E-state index >= 15 is 0 Å². The summed E-state index contributed by atoms with van der Waals surface area (Å²) in [6.07, 6.45) is 2.45. The van der Waals surface area contributed by atoms with Crippen LogP contribution in [-0.4, -0.2) is 50.4 Å². The van der Waals surface area contributed by atoms with Crippen molar-refractivity contribution in [3.63, 3.8) is 0 Å². The van der Waals surface area contributed by atoms with Crippen LogP contribution in [0, 0.1) is 5.92 Å². The second-order valence-corrected chi connectivity index (χ2v) is 5.60. The number of aliphatic hydroxyl groups excluding tert-OH is 1. The Morgan fingerprint density at radius 1 is 1.29 bits per heavy atom. The molecule has 120 valence electrons. The fourth-order valence-electron chi connectivity index (χ4n) is 2.92. The maximum Gasteiger partial charge on any atom is 0.118 e. The fourth-order valence-corrected chi connectivity index (χ4v) is 2.92. The quantitative estimate of drug-likeness (QED) is 0.844. The van der Waals surface area contributed by atoms with E-state index in [-0.39, 0.29) is 25.1 Å². The fraction of sp³-hybridized carbons (Fsp3) is 0.625. The van der Waals surface area contributed by atoms with Crippen molar-refractivity contribution in [2.45, 2.75) is 18.9 Å². The van der Waals surface area contributed by atoms with E-state index in [1.807, 2.05) is 24.3 Å². The third-order valence-corrected chi connectivity index (χ3v) is 4.21. The van der Waals surface area contributed by atoms with Crippen LogP contribution in [0.5, 0.6) is 5.75 Å². The Morgan fingerprint density at radius 3 is 2.43 bits per heavy atom. The van der Waals surface area contributed by atoms with Crippen molar-refractivity contribution < 1.29 is 9.84 Å². The predicted octanol–water partition coefficient (Wildman–Crippen LogP) is 2.08. The van der Waals surface area contributed by atoms with Crippen molar-refractivity contribution in [3.05, 3.63) is 29.8 Å². The average molecular weight is 315 g/mol. The maximum absolute atomic E-state index is 9.72. The predicted molar refractivity (Wildman–Crippen MR) is 88.3 cm³/mol. The van der Waals surface area contributed by atoms with Gasteiger partial charge in [0.15, 0.2) is 0 Å². The van der Waals surface area contributed by atoms with E-state index in [0.29, 0.717) is 0 Å². The van der Waals surface area contributed by atoms with Gasteiger partial charge in [0.1, 0.15) is 5.75 Å². The van der Waals surface area contributed by atoms with Gasteiger partial charge in [-0.25, -0.2) is 0 Å². The first kappa shape index (κ1) is 18.2. The summed E-state index contributed by atoms with van der Waals surface area (Å²) in [5, 5.41) is 13.1. The molecule has 0 aromatic heterocycles. The van der Waals surface area contributed by atoms with Crippen LogP contribution in [0.15, 0.2) is 24.3 Å². The Morgan fingerprint density at radius 2 is 1.90 bits per heavy atom. The molecule has 2 N–H and O–H groups in total. The molecule has 1 aromatic carbocycles. The first-order chi connectivity index (χ1) is 9.74. The topological polar surface area (TPSA) is 44.7 Å². The molecular formula is C16H27ClN2O2. The molecule has 1 saturated heterocycles. The first-order valence-corrected chi connectivity index (χ1v) is 7.40. The number of ether oxygens (including phenoxy) is 1. The SMILES string of the molecule is COc1ccc(C(CO)N(C)CC2CCNCC2)cc1.Cl. The van der Waals surface area contributed by atoms with Gasteiger partial charge in [-0.3, -0.25) is 4.90 Å². The number of benzene rings is 1. The van der Waals surface area contributed by atoms with Crippen molar-refractivity contribution in [1.82, 2.24) is 10.2 Å². The number of methoxy groups -OCH3 is 1. The summed E-state index contributed by atoms with van der Waals surface area (Å²) in [6, 6.07) is 8.06. The van der Waals surface area contributed by atoms with E-state index in [2.05, 4.69) is 17.3 Å². The van der Waals surface area contributed by atoms with E-state index < -0.39 is 0 Å². The molecule has 0 saturated carbocycles. The van der Waals surface area contributed by atoms with Gasteiger partial charge >= 0.3 is 0 Å². The summed E-state index contributed by atoms with van der Waals surface area (Å²) in [5.41, 5.74) is 1.14. The van der Waals surface area contributed by atoms with E-state index in [1.54, 1.807) is 7.11 Å². The number of nitrogens with zero attached hydrogens (tertiary/aromatic N) is 1. The van der Waals surface area contributed by atoms with E-state index in [9.17, 15) is 5.11 Å². The zero-order valence-corrected chi connectivity index (χ0v) is 13.7. The van der Waals surface area contributed by atoms with Crippen LogP contribution in [0.25, 0.3) is 0 Å². The van der Waals surface area contributed by atoms with Gasteiger partial charge in [-0.15, -0.1) is 12.4 Å². The highest BCUT2D eigenvalue weighted by molar-refractivity contribution is 5.85. The first-order valence-electron chi connectivity index (χ1n) is 7.40. The lowest BCUT2D eigenvalue weighted by Gasteiger charge is -2.32. The van der Waals surface area contributed by atoms with Crippen molar-refractivity contribution in [3.8, 4) is 5.75 Å². The summed E-state index contributed by atoms with van der Waals surface area (Å²) in [7, 11) is 3.77. The molecule has 2 rings (SSSR count). The minimum atomic E-state index is 0. The minimum Gasteiger partial charge on any atom is -0.497 e. The Labute approximate surface area is 133 Å². The van der Waals surface area contributed by atoms with Gasteiger partial charge < -0.3 is 15.2 Å². The third kappa shape index (κ3) is 5.15. The molecule has 0 aliphatic carbocycles. The standard InChI is InChI=1S/C16H26N2O2.ClH/c1-18(11-13-7-9-17-10-8-13)16(12-19)14-3-5-15(20-2)6-4-14;/h3-6,13,16-17,19H,7-12H2,1-2H3;1H. The van der Waals surface area contributed by atoms with Gasteiger partial charge in [-0.2, -0.15) is 0 Å². The second-order valence-electron chi connectivity index (χ2n) is 5.60. The van der Waals surface area contributed by atoms with Crippen LogP contribution in [0.2, 0.25) is 0 Å². The van der Waals surface area contributed by atoms with Gasteiger partial charge in [0, 0.05) is 6.54 Å². The number of halogens is 1. The Kier molecular flexibility index (Phi) is 8.04. The lowest BCUT2D eigenvalue weighted by atomic mass is 9.96. The molecule has 5 heteroatoms. The summed E-state index contributed by atoms with van der Waals surface area (Å²) in [6.45, 7) is 3.42. The number of hydrogen-bond donors (Lipinski definition) is 2. The number of aliphatic hydroxyl groups is 1. The molecule has 1 aromatic rings. The molecule has 1 fully saturated rings. The smallest absolute Gasteiger partial charge is 0.118 e. The van der Waals surface area contributed by atoms with Gasteiger partial charge in [0.2, 0.25) is 0 Å². The Balaban J connectivity index is 0.00000220. The highest BCUT2D eigenvalue weighted by Crippen LogP contribution is 2.24. The monoisotopic (exact) mass is 314 g/mol. The molecule has 1 aliphatic rings. The summed E-state index contributed by atoms with van der Waals surface area (Å²) in [4.78, 5) is 2.28. The molecule has 0 amide bonds. The van der Waals surface area contributed by atoms with Crippen LogP contribution in [0.4, 0.5) is 0 Å². The highest BCUT2D eigenvalue weighted by atomic mass is 35.5. The van der Waals surface area contributed by atoms with Gasteiger partial charge in [-0.1, -0.05) is 12.1 Å². The Bertz CT molecular complexity index is 394. The Hall–Kier alpha value is -0.810. The van der Waals surface area contributed by atoms with E-state index in [1.165, 1.54) is 12.8 Å². The lowest BCUT2D eigenvalue weighted by molar-refractivity contribution is 0.124. The van der Waals surface area contributed by atoms with Crippen molar-refractivity contribution in [2.75, 3.05) is 40.4 Å². The maximum atomic E-state index is 9.72. The molecule has 1 aliphatic heterocycles. The summed E-state index contributed by atoms with van der Waals surface area (Å²) in [5.74, 6) is 1.58. The van der Waals surface area contributed by atoms with E-state index in [4.69, 9.17) is 4.74 Å². The average Bonchev–Trinajstić information content (AvgIpc) is 2.49. The normalized spacial score (nSPS) is 17.3. The van der Waals surface area contributed by atoms with Crippen LogP contribution in [-0.2, 0) is 0 Å². The molecule has 1 heterocycles. The minimum absolute atomic E-state index is 0. The third-order valence-electron chi connectivity index (χ3n) is 4.21. The zero-order valence-electron chi connectivity index (χ0n) is 12.9. The molecule has 0 bridgehead atoms. The largest absolute Gasteiger partial charge is 0.497 e. The lowest BCUT2D eigenvalue weighted by Crippen LogP contribution is -2.37. The summed E-state index contributed by atoms with van der Waals surface area (Å²) >= 11 is 0. The highest BCUT2D eigenvalue weighted by Gasteiger charge is 2.21. The van der Waals surface area contributed by atoms with Crippen molar-refractivity contribution in [2.24, 2.45) is 5.92 Å². The van der Waals surface area contributed by atoms with Gasteiger partial charge in [0.05, 0.1) is 19.8 Å². The van der Waals surface area contributed by atoms with Crippen LogP contribution < -0.4 is 10.1 Å². The van der Waals surface area contributed by atoms with Crippen LogP contribution in [0.3, 0.4) is 0 Å². The van der Waals surface area contributed by atoms with Crippen molar-refractivity contribution in [1.29, 1.82) is 0 Å². The molecule has 1 atom stereocenters. The van der Waals surface area contributed by atoms with Gasteiger partial charge in [-0.05, 0) is 56.6 Å². The molecule has 0 radical (unpaired) electrons. The van der Waals surface area contributed by atoms with Gasteiger partial charge in [0.25, 0.3) is 0 Å². The molecule has 1 unspecified atom stereocenters. The molecular weight excluding hydrogens is 288 g/mol. The van der Waals surface area contributed by atoms with Crippen LogP contribution in [0.1, 0.15) is 24.4 Å². The molecule has 4 nitrogen and oxygen atoms in total. The number of rotatable bonds is 6. The summed E-state index contributed by atoms with van der Waals surface area (Å²) < 4.78 is 5.18. The molecule has 21 heavy (non-hydrogen) atoms. The number of hydrogen-bond acceptors (Lipinski definition) is 4. The van der Waals surface area contributed by atoms with E-state index in [0.717, 1.165) is 36.9 Å². The van der Waals surface area contributed by atoms with Crippen LogP contribution >= 0.6 is 12.4 Å². The zero-order chi connectivity index (χ0) is 14.4. The number of nitrogens with one attached hydrogen (secondary N) is 1. The number of likely N-dealkylation sites (N-methyl/N-ethyl adjacent to an activating group) is 1.